The number of aromatic nitrogens is 1. The molecule has 156 valence electrons. The van der Waals surface area contributed by atoms with E-state index in [9.17, 15) is 14.7 Å². The Kier molecular flexibility index (Phi) is 3.22. The van der Waals surface area contributed by atoms with Crippen molar-refractivity contribution in [3.8, 4) is 5.75 Å². The van der Waals surface area contributed by atoms with E-state index in [1.807, 2.05) is 0 Å². The number of amides is 1. The number of fused-ring (bicyclic) bond motifs is 1. The summed E-state index contributed by atoms with van der Waals surface area (Å²) < 4.78 is 55.6. The molecule has 0 aliphatic rings. The molecule has 2 aromatic carbocycles. The third-order valence-electron chi connectivity index (χ3n) is 4.68. The molecule has 0 spiro atoms. The molecule has 0 saturated heterocycles. The molecule has 5 heteroatoms. The quantitative estimate of drug-likeness (QED) is 0.521. The van der Waals surface area contributed by atoms with Gasteiger partial charge in [0.15, 0.2) is 0 Å². The van der Waals surface area contributed by atoms with Crippen LogP contribution in [0.15, 0.2) is 47.4 Å². The number of pyridine rings is 1. The van der Waals surface area contributed by atoms with Crippen LogP contribution in [0.1, 0.15) is 75.3 Å². The summed E-state index contributed by atoms with van der Waals surface area (Å²) >= 11 is 0. The second-order valence-corrected chi connectivity index (χ2v) is 8.10. The van der Waals surface area contributed by atoms with Gasteiger partial charge in [0.05, 0.1) is 0 Å². The molecule has 1 aromatic heterocycles. The van der Waals surface area contributed by atoms with Gasteiger partial charge in [0.2, 0.25) is 5.43 Å². The van der Waals surface area contributed by atoms with E-state index in [-0.39, 0.29) is 14.1 Å². The third-order valence-corrected chi connectivity index (χ3v) is 4.68. The second-order valence-electron chi connectivity index (χ2n) is 8.10. The molecule has 0 aliphatic carbocycles. The molecular weight excluding hydrogens is 364 g/mol. The van der Waals surface area contributed by atoms with Crippen molar-refractivity contribution in [3.63, 3.8) is 0 Å². The lowest BCUT2D eigenvalue weighted by Gasteiger charge is -2.28. The molecule has 0 unspecified atom stereocenters. The Bertz CT molecular complexity index is 1360. The van der Waals surface area contributed by atoms with Crippen molar-refractivity contribution >= 4 is 22.5 Å². The lowest BCUT2D eigenvalue weighted by molar-refractivity contribution is 0.102. The minimum Gasteiger partial charge on any atom is -0.508 e. The van der Waals surface area contributed by atoms with Crippen LogP contribution < -0.4 is 10.7 Å². The Labute approximate surface area is 183 Å². The fraction of sp³-hybridized carbons (Fsp3) is 0.333. The summed E-state index contributed by atoms with van der Waals surface area (Å²) in [7, 11) is 0. The minimum atomic E-state index is -3.14. The average Bonchev–Trinajstić information content (AvgIpc) is 2.73. The number of rotatable bonds is 2. The first-order chi connectivity index (χ1) is 16.5. The highest BCUT2D eigenvalue weighted by Crippen LogP contribution is 2.39. The van der Waals surface area contributed by atoms with Gasteiger partial charge in [-0.1, -0.05) is 53.5 Å². The summed E-state index contributed by atoms with van der Waals surface area (Å²) in [6, 6.07) is 8.99. The number of aromatic amines is 1. The topological polar surface area (TPSA) is 82.2 Å². The largest absolute Gasteiger partial charge is 0.508 e. The van der Waals surface area contributed by atoms with Gasteiger partial charge in [-0.05, 0) is 40.2 Å². The molecule has 3 N–H and O–H groups in total. The predicted octanol–water partition coefficient (Wildman–Crippen LogP) is 5.57. The van der Waals surface area contributed by atoms with Crippen molar-refractivity contribution in [2.75, 3.05) is 5.32 Å². The van der Waals surface area contributed by atoms with Crippen molar-refractivity contribution in [1.29, 1.82) is 0 Å². The number of phenols is 1. The van der Waals surface area contributed by atoms with Crippen LogP contribution in [0, 0.1) is 0 Å². The van der Waals surface area contributed by atoms with Crippen molar-refractivity contribution in [1.82, 2.24) is 4.98 Å². The van der Waals surface area contributed by atoms with Crippen LogP contribution in [0.3, 0.4) is 0 Å². The molecule has 29 heavy (non-hydrogen) atoms. The third kappa shape index (κ3) is 4.04. The molecule has 0 aliphatic heterocycles. The van der Waals surface area contributed by atoms with Crippen LogP contribution in [0.5, 0.6) is 5.75 Å². The zero-order valence-electron chi connectivity index (χ0n) is 23.5. The number of anilines is 1. The molecule has 0 saturated carbocycles. The van der Waals surface area contributed by atoms with Crippen LogP contribution in [0.4, 0.5) is 5.69 Å². The van der Waals surface area contributed by atoms with Gasteiger partial charge < -0.3 is 15.4 Å². The molecule has 3 rings (SSSR count). The van der Waals surface area contributed by atoms with Crippen LogP contribution in [-0.2, 0) is 10.8 Å². The summed E-state index contributed by atoms with van der Waals surface area (Å²) in [5, 5.41) is 13.8. The first kappa shape index (κ1) is 13.2. The zero-order valence-corrected chi connectivity index (χ0v) is 16.5. The summed E-state index contributed by atoms with van der Waals surface area (Å²) in [4.78, 5) is 28.9. The van der Waals surface area contributed by atoms with E-state index in [0.717, 1.165) is 6.07 Å². The highest BCUT2D eigenvalue weighted by molar-refractivity contribution is 6.06. The number of nitrogens with one attached hydrogen (secondary N) is 2. The molecule has 5 nitrogen and oxygen atoms in total. The van der Waals surface area contributed by atoms with Gasteiger partial charge in [0.25, 0.3) is 5.91 Å². The Morgan fingerprint density at radius 1 is 1.14 bits per heavy atom. The molecule has 0 radical (unpaired) electrons. The number of hydrogen-bond donors (Lipinski definition) is 3. The van der Waals surface area contributed by atoms with E-state index < -0.39 is 54.1 Å². The van der Waals surface area contributed by atoms with Crippen molar-refractivity contribution < 1.29 is 22.3 Å². The highest BCUT2D eigenvalue weighted by atomic mass is 16.3. The highest BCUT2D eigenvalue weighted by Gasteiger charge is 2.26. The summed E-state index contributed by atoms with van der Waals surface area (Å²) in [5.74, 6) is -1.46. The Balaban J connectivity index is 0.00000361. The number of hydrogen-bond acceptors (Lipinski definition) is 3. The summed E-state index contributed by atoms with van der Waals surface area (Å²) in [6.07, 6.45) is 1.28. The normalized spacial score (nSPS) is 16.6. The van der Waals surface area contributed by atoms with E-state index >= 15 is 0 Å². The van der Waals surface area contributed by atoms with Crippen molar-refractivity contribution in [3.05, 3.63) is 69.5 Å². The van der Waals surface area contributed by atoms with Gasteiger partial charge in [-0.2, -0.15) is 0 Å². The second kappa shape index (κ2) is 7.07. The SMILES string of the molecule is [2HH].[2HH].[2H]CC(c1cc(C(C)(C)C)c(NC(=O)c2c[nH]c3ccccc3c2=O)cc1O)(C([2H])([2H])[2H])C([2H])([2H])[2H]. The molecule has 0 bridgehead atoms. The summed E-state index contributed by atoms with van der Waals surface area (Å²) in [5.41, 5.74) is -3.56. The molecule has 1 amide bonds. The molecular formula is C24H32N2O3. The van der Waals surface area contributed by atoms with Gasteiger partial charge in [-0.15, -0.1) is 0 Å². The zero-order chi connectivity index (χ0) is 27.3. The maximum absolute atomic E-state index is 13.1. The minimum absolute atomic E-state index is 0. The predicted molar refractivity (Wildman–Crippen MR) is 122 cm³/mol. The first-order valence-corrected chi connectivity index (χ1v) is 9.04. The lowest BCUT2D eigenvalue weighted by Crippen LogP contribution is -2.25. The molecule has 0 fully saturated rings. The van der Waals surface area contributed by atoms with Crippen molar-refractivity contribution in [2.45, 2.75) is 52.2 Å². The van der Waals surface area contributed by atoms with Gasteiger partial charge in [-0.25, -0.2) is 0 Å². The van der Waals surface area contributed by atoms with E-state index in [0.29, 0.717) is 16.5 Å². The van der Waals surface area contributed by atoms with Crippen molar-refractivity contribution in [2.24, 2.45) is 0 Å². The molecule has 3 aromatic rings. The molecule has 0 atom stereocenters. The maximum Gasteiger partial charge on any atom is 0.261 e. The number of H-pyrrole nitrogens is 1. The number of para-hydroxylation sites is 1. The fourth-order valence-corrected chi connectivity index (χ4v) is 3.18. The van der Waals surface area contributed by atoms with Gasteiger partial charge in [-0.3, -0.25) is 9.59 Å². The lowest BCUT2D eigenvalue weighted by atomic mass is 9.79. The van der Waals surface area contributed by atoms with E-state index in [1.165, 1.54) is 12.3 Å². The first-order valence-electron chi connectivity index (χ1n) is 12.8. The van der Waals surface area contributed by atoms with Crippen LogP contribution >= 0.6 is 0 Å². The fourth-order valence-electron chi connectivity index (χ4n) is 3.18. The number of benzene rings is 2. The smallest absolute Gasteiger partial charge is 0.261 e. The Morgan fingerprint density at radius 2 is 1.86 bits per heavy atom. The average molecular weight is 406 g/mol. The standard InChI is InChI=1S/C24H28N2O3.2H2/c1-23(2,3)16-11-17(24(4,5)6)20(27)12-19(16)26-22(29)15-13-25-18-10-8-7-9-14(18)21(15)28;;/h7-13,27H,1-6H3,(H,25,28)(H,26,29);2*1H/i4D,5D3,6D3;2*1+1. The number of carbonyl (C=O) groups excluding carboxylic acids is 1. The van der Waals surface area contributed by atoms with Gasteiger partial charge >= 0.3 is 0 Å². The van der Waals surface area contributed by atoms with Crippen LogP contribution in [-0.4, -0.2) is 16.0 Å². The van der Waals surface area contributed by atoms with E-state index in [4.69, 9.17) is 9.60 Å². The monoisotopic (exact) mass is 405 g/mol. The van der Waals surface area contributed by atoms with Gasteiger partial charge in [0.1, 0.15) is 11.3 Å². The van der Waals surface area contributed by atoms with Crippen LogP contribution in [0.2, 0.25) is 0 Å². The number of aromatic hydroxyl groups is 1. The molecule has 1 heterocycles. The van der Waals surface area contributed by atoms with E-state index in [2.05, 4.69) is 10.3 Å². The Hall–Kier alpha value is -3.08. The number of carbonyl (C=O) groups is 1. The van der Waals surface area contributed by atoms with Crippen LogP contribution in [0.25, 0.3) is 10.9 Å². The number of phenolic OH excluding ortho intramolecular Hbond substituents is 1. The van der Waals surface area contributed by atoms with E-state index in [1.54, 1.807) is 45.0 Å². The maximum atomic E-state index is 13.1. The summed E-state index contributed by atoms with van der Waals surface area (Å²) in [6.45, 7) is -2.04. The Morgan fingerprint density at radius 3 is 2.52 bits per heavy atom. The van der Waals surface area contributed by atoms with Gasteiger partial charge in [0, 0.05) is 41.3 Å².